The van der Waals surface area contributed by atoms with Crippen LogP contribution in [0.2, 0.25) is 0 Å². The summed E-state index contributed by atoms with van der Waals surface area (Å²) >= 11 is 0. The van der Waals surface area contributed by atoms with Crippen molar-refractivity contribution in [2.24, 2.45) is 0 Å². The lowest BCUT2D eigenvalue weighted by Crippen LogP contribution is -2.47. The van der Waals surface area contributed by atoms with Gasteiger partial charge in [-0.25, -0.2) is 0 Å². The molecule has 0 bridgehead atoms. The minimum atomic E-state index is -0.448. The second kappa shape index (κ2) is 33.4. The van der Waals surface area contributed by atoms with Gasteiger partial charge in [0.25, 0.3) is 0 Å². The number of rotatable bonds is 31. The van der Waals surface area contributed by atoms with Crippen LogP contribution in [0.5, 0.6) is 0 Å². The van der Waals surface area contributed by atoms with E-state index in [1.54, 1.807) is 14.1 Å². The average Bonchev–Trinajstić information content (AvgIpc) is 2.94. The molecule has 0 aromatic rings. The molecule has 0 aliphatic rings. The average molecular weight is 601 g/mol. The molecule has 0 saturated carbocycles. The van der Waals surface area contributed by atoms with Gasteiger partial charge in [0.1, 0.15) is 13.1 Å². The van der Waals surface area contributed by atoms with Crippen molar-refractivity contribution in [3.05, 3.63) is 22.6 Å². The summed E-state index contributed by atoms with van der Waals surface area (Å²) in [5.41, 5.74) is 0. The van der Waals surface area contributed by atoms with Gasteiger partial charge in [0, 0.05) is 0 Å². The van der Waals surface area contributed by atoms with Crippen LogP contribution < -0.4 is 0 Å². The van der Waals surface area contributed by atoms with Gasteiger partial charge in [0.2, 0.25) is 0 Å². The zero-order valence-electron chi connectivity index (χ0n) is 29.0. The highest BCUT2D eigenvalue weighted by Crippen LogP contribution is 2.13. The van der Waals surface area contributed by atoms with E-state index in [2.05, 4.69) is 26.0 Å². The van der Waals surface area contributed by atoms with Crippen LogP contribution in [0, 0.1) is 10.4 Å². The SMILES string of the molecule is CCCCCCCCC=CCCCCCCCC[N+]([O-])(CCO)CCO.CCCCCCCCCCCC[N+](C)(C)[O-]. The summed E-state index contributed by atoms with van der Waals surface area (Å²) in [6, 6.07) is 0. The summed E-state index contributed by atoms with van der Waals surface area (Å²) in [6.07, 6.45) is 35.6. The zero-order valence-corrected chi connectivity index (χ0v) is 29.0. The second-order valence-corrected chi connectivity index (χ2v) is 13.1. The van der Waals surface area contributed by atoms with Crippen molar-refractivity contribution >= 4 is 0 Å². The van der Waals surface area contributed by atoms with Gasteiger partial charge in [-0.15, -0.1) is 0 Å². The molecule has 0 atom stereocenters. The van der Waals surface area contributed by atoms with Crippen molar-refractivity contribution in [2.45, 2.75) is 168 Å². The van der Waals surface area contributed by atoms with Gasteiger partial charge in [0.05, 0.1) is 40.4 Å². The largest absolute Gasteiger partial charge is 0.633 e. The molecule has 42 heavy (non-hydrogen) atoms. The van der Waals surface area contributed by atoms with Crippen LogP contribution in [0.15, 0.2) is 12.2 Å². The number of nitrogens with zero attached hydrogens (tertiary/aromatic N) is 2. The number of allylic oxidation sites excluding steroid dienone is 2. The fourth-order valence-corrected chi connectivity index (χ4v) is 5.33. The predicted molar refractivity (Wildman–Crippen MR) is 184 cm³/mol. The molecule has 0 heterocycles. The highest BCUT2D eigenvalue weighted by Gasteiger charge is 2.14. The highest BCUT2D eigenvalue weighted by atomic mass is 16.5. The third-order valence-electron chi connectivity index (χ3n) is 8.14. The van der Waals surface area contributed by atoms with Crippen molar-refractivity contribution in [1.82, 2.24) is 0 Å². The summed E-state index contributed by atoms with van der Waals surface area (Å²) < 4.78 is -0.576. The number of unbranched alkanes of at least 4 members (excludes halogenated alkanes) is 21. The third kappa shape index (κ3) is 37.5. The Bertz CT molecular complexity index is 531. The first-order valence-electron chi connectivity index (χ1n) is 18.2. The molecule has 0 radical (unpaired) electrons. The molecule has 0 unspecified atom stereocenters. The molecule has 0 aliphatic heterocycles. The topological polar surface area (TPSA) is 86.6 Å². The molecular weight excluding hydrogens is 524 g/mol. The maximum atomic E-state index is 12.3. The molecule has 0 aromatic heterocycles. The van der Waals surface area contributed by atoms with E-state index >= 15 is 0 Å². The lowest BCUT2D eigenvalue weighted by atomic mass is 10.1. The lowest BCUT2D eigenvalue weighted by molar-refractivity contribution is -0.881. The number of aliphatic hydroxyl groups is 2. The summed E-state index contributed by atoms with van der Waals surface area (Å²) in [7, 11) is 3.46. The number of hydroxylamine groups is 6. The van der Waals surface area contributed by atoms with Gasteiger partial charge in [-0.05, 0) is 51.4 Å². The van der Waals surface area contributed by atoms with E-state index in [9.17, 15) is 10.4 Å². The minimum Gasteiger partial charge on any atom is -0.633 e. The van der Waals surface area contributed by atoms with Crippen LogP contribution in [-0.2, 0) is 0 Å². The van der Waals surface area contributed by atoms with Crippen LogP contribution in [-0.4, -0.2) is 73.0 Å². The van der Waals surface area contributed by atoms with Gasteiger partial charge in [0.15, 0.2) is 0 Å². The Morgan fingerprint density at radius 2 is 0.738 bits per heavy atom. The van der Waals surface area contributed by atoms with Crippen LogP contribution in [0.4, 0.5) is 0 Å². The van der Waals surface area contributed by atoms with E-state index in [-0.39, 0.29) is 30.9 Å². The van der Waals surface area contributed by atoms with Crippen LogP contribution in [0.3, 0.4) is 0 Å². The van der Waals surface area contributed by atoms with Gasteiger partial charge in [-0.2, -0.15) is 0 Å². The van der Waals surface area contributed by atoms with Crippen molar-refractivity contribution in [3.8, 4) is 0 Å². The quantitative estimate of drug-likeness (QED) is 0.0359. The highest BCUT2D eigenvalue weighted by molar-refractivity contribution is 4.81. The van der Waals surface area contributed by atoms with Gasteiger partial charge < -0.3 is 29.9 Å². The molecule has 0 aliphatic carbocycles. The Balaban J connectivity index is 0. The summed E-state index contributed by atoms with van der Waals surface area (Å²) in [5, 5.41) is 41.5. The van der Waals surface area contributed by atoms with Gasteiger partial charge in [-0.3, -0.25) is 0 Å². The van der Waals surface area contributed by atoms with Gasteiger partial charge in [-0.1, -0.05) is 129 Å². The molecule has 0 amide bonds. The predicted octanol–water partition coefficient (Wildman–Crippen LogP) is 9.80. The summed E-state index contributed by atoms with van der Waals surface area (Å²) in [5.74, 6) is 0. The number of hydrogen-bond acceptors (Lipinski definition) is 4. The minimum absolute atomic E-state index is 0.101. The Morgan fingerprint density at radius 1 is 0.429 bits per heavy atom. The molecule has 254 valence electrons. The standard InChI is InChI=1S/C22H45NO3.C14H31NO/c1-2-3-4-5-6-7-8-9-10-11-12-13-14-15-16-17-18-23(26,19-21-24)20-22-25;1-4-5-6-7-8-9-10-11-12-13-14-15(2,3)16/h9-10,24-25H,2-8,11-22H2,1H3;4-14H2,1-3H3. The summed E-state index contributed by atoms with van der Waals surface area (Å²) in [4.78, 5) is 0. The Labute approximate surface area is 263 Å². The molecule has 0 spiro atoms. The smallest absolute Gasteiger partial charge is 0.102 e. The first-order chi connectivity index (χ1) is 20.2. The normalized spacial score (nSPS) is 12.2. The Kier molecular flexibility index (Phi) is 34.7. The molecule has 0 fully saturated rings. The summed E-state index contributed by atoms with van der Waals surface area (Å²) in [6.45, 7) is 6.01. The van der Waals surface area contributed by atoms with Crippen molar-refractivity contribution in [2.75, 3.05) is 53.5 Å². The maximum Gasteiger partial charge on any atom is 0.102 e. The second-order valence-electron chi connectivity index (χ2n) is 13.1. The molecule has 6 heteroatoms. The van der Waals surface area contributed by atoms with Crippen LogP contribution >= 0.6 is 0 Å². The van der Waals surface area contributed by atoms with Crippen LogP contribution in [0.25, 0.3) is 0 Å². The molecule has 0 aromatic carbocycles. The van der Waals surface area contributed by atoms with Crippen LogP contribution in [0.1, 0.15) is 168 Å². The zero-order chi connectivity index (χ0) is 31.6. The van der Waals surface area contributed by atoms with E-state index in [4.69, 9.17) is 10.2 Å². The molecule has 0 rings (SSSR count). The van der Waals surface area contributed by atoms with E-state index in [0.29, 0.717) is 6.54 Å². The van der Waals surface area contributed by atoms with Crippen molar-refractivity contribution in [1.29, 1.82) is 0 Å². The Morgan fingerprint density at radius 3 is 1.07 bits per heavy atom. The van der Waals surface area contributed by atoms with E-state index < -0.39 is 4.65 Å². The first kappa shape index (κ1) is 43.6. The van der Waals surface area contributed by atoms with Gasteiger partial charge >= 0.3 is 0 Å². The van der Waals surface area contributed by atoms with E-state index in [1.165, 1.54) is 135 Å². The molecule has 6 nitrogen and oxygen atoms in total. The molecular formula is C36H76N2O4. The molecule has 0 saturated heterocycles. The number of quaternary nitrogens is 2. The van der Waals surface area contributed by atoms with E-state index in [0.717, 1.165) is 25.8 Å². The van der Waals surface area contributed by atoms with Crippen molar-refractivity contribution in [3.63, 3.8) is 0 Å². The fourth-order valence-electron chi connectivity index (χ4n) is 5.33. The molecule has 2 N–H and O–H groups in total. The Hall–Kier alpha value is -0.500. The maximum absolute atomic E-state index is 12.3. The lowest BCUT2D eigenvalue weighted by Gasteiger charge is -2.42. The number of aliphatic hydroxyl groups excluding tert-OH is 2. The monoisotopic (exact) mass is 601 g/mol. The third-order valence-corrected chi connectivity index (χ3v) is 8.14. The fraction of sp³-hybridized carbons (Fsp3) is 0.944. The first-order valence-corrected chi connectivity index (χ1v) is 18.2. The number of hydrogen-bond donors (Lipinski definition) is 2. The van der Waals surface area contributed by atoms with E-state index in [1.807, 2.05) is 0 Å². The van der Waals surface area contributed by atoms with Crippen molar-refractivity contribution < 1.29 is 19.5 Å².